The van der Waals surface area contributed by atoms with E-state index in [1.165, 1.54) is 11.1 Å². The van der Waals surface area contributed by atoms with Crippen molar-refractivity contribution in [2.45, 2.75) is 19.4 Å². The molecule has 3 aromatic carbocycles. The highest BCUT2D eigenvalue weighted by atomic mass is 35.5. The van der Waals surface area contributed by atoms with Crippen LogP contribution in [-0.2, 0) is 24.2 Å². The Morgan fingerprint density at radius 2 is 1.59 bits per heavy atom. The Morgan fingerprint density at radius 3 is 2.38 bits per heavy atom. The summed E-state index contributed by atoms with van der Waals surface area (Å²) in [4.78, 5) is 12.5. The molecule has 0 atom stereocenters. The maximum absolute atomic E-state index is 12.5. The molecule has 146 valence electrons. The molecule has 0 unspecified atom stereocenters. The van der Waals surface area contributed by atoms with Gasteiger partial charge in [0.05, 0.1) is 6.42 Å². The van der Waals surface area contributed by atoms with Crippen LogP contribution < -0.4 is 5.32 Å². The Morgan fingerprint density at radius 1 is 0.862 bits per heavy atom. The first-order valence-corrected chi connectivity index (χ1v) is 10.2. The fourth-order valence-electron chi connectivity index (χ4n) is 3.61. The van der Waals surface area contributed by atoms with Crippen molar-refractivity contribution in [3.05, 3.63) is 107 Å². The van der Waals surface area contributed by atoms with Crippen LogP contribution in [0.5, 0.6) is 0 Å². The van der Waals surface area contributed by atoms with Crippen molar-refractivity contribution in [2.24, 2.45) is 0 Å². The van der Waals surface area contributed by atoms with Gasteiger partial charge in [0.1, 0.15) is 0 Å². The lowest BCUT2D eigenvalue weighted by atomic mass is 10.1. The summed E-state index contributed by atoms with van der Waals surface area (Å²) in [5.41, 5.74) is 4.59. The molecule has 1 N–H and O–H groups in total. The lowest BCUT2D eigenvalue weighted by Crippen LogP contribution is -2.27. The number of fused-ring (bicyclic) bond motifs is 1. The second-order valence-electron chi connectivity index (χ2n) is 7.19. The predicted molar refractivity (Wildman–Crippen MR) is 119 cm³/mol. The quantitative estimate of drug-likeness (QED) is 0.450. The van der Waals surface area contributed by atoms with E-state index in [9.17, 15) is 4.79 Å². The monoisotopic (exact) mass is 402 g/mol. The summed E-state index contributed by atoms with van der Waals surface area (Å²) in [5.74, 6) is 0.0512. The summed E-state index contributed by atoms with van der Waals surface area (Å²) in [5, 5.41) is 4.91. The van der Waals surface area contributed by atoms with Crippen molar-refractivity contribution in [1.82, 2.24) is 9.88 Å². The van der Waals surface area contributed by atoms with Crippen molar-refractivity contribution in [1.29, 1.82) is 0 Å². The van der Waals surface area contributed by atoms with Crippen molar-refractivity contribution in [3.8, 4) is 0 Å². The molecule has 29 heavy (non-hydrogen) atoms. The van der Waals surface area contributed by atoms with Crippen molar-refractivity contribution in [2.75, 3.05) is 6.54 Å². The van der Waals surface area contributed by atoms with Gasteiger partial charge in [0.15, 0.2) is 0 Å². The Bertz CT molecular complexity index is 1100. The zero-order valence-electron chi connectivity index (χ0n) is 16.1. The number of halogens is 1. The van der Waals surface area contributed by atoms with Crippen molar-refractivity contribution in [3.63, 3.8) is 0 Å². The van der Waals surface area contributed by atoms with Gasteiger partial charge in [-0.3, -0.25) is 4.79 Å². The number of nitrogens with zero attached hydrogens (tertiary/aromatic N) is 1. The molecule has 0 aliphatic carbocycles. The molecule has 0 aliphatic heterocycles. The number of para-hydroxylation sites is 1. The third kappa shape index (κ3) is 4.87. The van der Waals surface area contributed by atoms with Crippen molar-refractivity contribution < 1.29 is 4.79 Å². The first-order valence-electron chi connectivity index (χ1n) is 9.81. The number of hydrogen-bond acceptors (Lipinski definition) is 1. The van der Waals surface area contributed by atoms with Gasteiger partial charge in [-0.05, 0) is 41.3 Å². The topological polar surface area (TPSA) is 34.0 Å². The Hall–Kier alpha value is -3.04. The van der Waals surface area contributed by atoms with Crippen LogP contribution in [0.15, 0.2) is 85.1 Å². The standard InChI is InChI=1S/C25H23ClN2O/c26-22-12-10-20(11-13-22)17-28-18-21(23-8-4-5-9-24(23)28)16-25(29)27-15-14-19-6-2-1-3-7-19/h1-13,18H,14-17H2,(H,27,29). The number of carbonyl (C=O) groups excluding carboxylic acids is 1. The molecule has 3 nitrogen and oxygen atoms in total. The summed E-state index contributed by atoms with van der Waals surface area (Å²) >= 11 is 6.00. The van der Waals surface area contributed by atoms with Gasteiger partial charge < -0.3 is 9.88 Å². The fourth-order valence-corrected chi connectivity index (χ4v) is 3.73. The van der Waals surface area contributed by atoms with Gasteiger partial charge in [-0.1, -0.05) is 72.3 Å². The van der Waals surface area contributed by atoms with Crippen molar-refractivity contribution >= 4 is 28.4 Å². The van der Waals surface area contributed by atoms with Crippen LogP contribution in [-0.4, -0.2) is 17.0 Å². The Labute approximate surface area is 175 Å². The second kappa shape index (κ2) is 8.97. The number of aromatic nitrogens is 1. The molecular formula is C25H23ClN2O. The summed E-state index contributed by atoms with van der Waals surface area (Å²) in [6, 6.07) is 26.3. The molecule has 0 aliphatic rings. The largest absolute Gasteiger partial charge is 0.355 e. The molecular weight excluding hydrogens is 380 g/mol. The molecule has 0 radical (unpaired) electrons. The SMILES string of the molecule is O=C(Cc1cn(Cc2ccc(Cl)cc2)c2ccccc12)NCCc1ccccc1. The van der Waals surface area contributed by atoms with E-state index in [0.29, 0.717) is 13.0 Å². The third-order valence-electron chi connectivity index (χ3n) is 5.07. The number of rotatable bonds is 7. The summed E-state index contributed by atoms with van der Waals surface area (Å²) in [7, 11) is 0. The van der Waals surface area contributed by atoms with Crippen LogP contribution >= 0.6 is 11.6 Å². The fraction of sp³-hybridized carbons (Fsp3) is 0.160. The normalized spacial score (nSPS) is 10.9. The summed E-state index contributed by atoms with van der Waals surface area (Å²) < 4.78 is 2.20. The predicted octanol–water partition coefficient (Wildman–Crippen LogP) is 5.24. The smallest absolute Gasteiger partial charge is 0.224 e. The minimum Gasteiger partial charge on any atom is -0.355 e. The minimum absolute atomic E-state index is 0.0512. The molecule has 0 saturated carbocycles. The van der Waals surface area contributed by atoms with E-state index in [1.54, 1.807) is 0 Å². The molecule has 4 heteroatoms. The van der Waals surface area contributed by atoms with E-state index < -0.39 is 0 Å². The molecule has 0 saturated heterocycles. The minimum atomic E-state index is 0.0512. The molecule has 1 heterocycles. The van der Waals surface area contributed by atoms with Gasteiger partial charge in [-0.15, -0.1) is 0 Å². The van der Waals surface area contributed by atoms with E-state index in [0.717, 1.165) is 34.5 Å². The van der Waals surface area contributed by atoms with E-state index in [-0.39, 0.29) is 5.91 Å². The lowest BCUT2D eigenvalue weighted by molar-refractivity contribution is -0.120. The Kier molecular flexibility index (Phi) is 5.97. The van der Waals surface area contributed by atoms with Gasteiger partial charge in [0.25, 0.3) is 0 Å². The number of amides is 1. The summed E-state index contributed by atoms with van der Waals surface area (Å²) in [6.07, 6.45) is 3.31. The van der Waals surface area contributed by atoms with E-state index in [1.807, 2.05) is 54.6 Å². The Balaban J connectivity index is 1.45. The first-order chi connectivity index (χ1) is 14.2. The average molecular weight is 403 g/mol. The van der Waals surface area contributed by atoms with Gasteiger partial charge in [-0.2, -0.15) is 0 Å². The lowest BCUT2D eigenvalue weighted by Gasteiger charge is -2.06. The highest BCUT2D eigenvalue weighted by molar-refractivity contribution is 6.30. The van der Waals surface area contributed by atoms with Gasteiger partial charge in [0, 0.05) is 35.2 Å². The second-order valence-corrected chi connectivity index (χ2v) is 7.62. The molecule has 4 rings (SSSR count). The van der Waals surface area contributed by atoms with E-state index in [4.69, 9.17) is 11.6 Å². The number of hydrogen-bond donors (Lipinski definition) is 1. The van der Waals surface area contributed by atoms with Crippen LogP contribution in [0.4, 0.5) is 0 Å². The van der Waals surface area contributed by atoms with E-state index in [2.05, 4.69) is 40.3 Å². The van der Waals surface area contributed by atoms with Gasteiger partial charge >= 0.3 is 0 Å². The number of carbonyl (C=O) groups is 1. The molecule has 0 spiro atoms. The first kappa shape index (κ1) is 19.3. The molecule has 0 fully saturated rings. The maximum atomic E-state index is 12.5. The summed E-state index contributed by atoms with van der Waals surface area (Å²) in [6.45, 7) is 1.39. The van der Waals surface area contributed by atoms with E-state index >= 15 is 0 Å². The average Bonchev–Trinajstić information content (AvgIpc) is 3.08. The van der Waals surface area contributed by atoms with Crippen LogP contribution in [0.3, 0.4) is 0 Å². The van der Waals surface area contributed by atoms with Crippen LogP contribution in [0, 0.1) is 0 Å². The number of benzene rings is 3. The molecule has 1 aromatic heterocycles. The van der Waals surface area contributed by atoms with Crippen LogP contribution in [0.1, 0.15) is 16.7 Å². The molecule has 1 amide bonds. The zero-order valence-corrected chi connectivity index (χ0v) is 16.9. The van der Waals surface area contributed by atoms with Crippen LogP contribution in [0.25, 0.3) is 10.9 Å². The zero-order chi connectivity index (χ0) is 20.1. The molecule has 4 aromatic rings. The highest BCUT2D eigenvalue weighted by Gasteiger charge is 2.12. The maximum Gasteiger partial charge on any atom is 0.224 e. The molecule has 0 bridgehead atoms. The third-order valence-corrected chi connectivity index (χ3v) is 5.32. The van der Waals surface area contributed by atoms with Gasteiger partial charge in [-0.25, -0.2) is 0 Å². The number of nitrogens with one attached hydrogen (secondary N) is 1. The highest BCUT2D eigenvalue weighted by Crippen LogP contribution is 2.23. The van der Waals surface area contributed by atoms with Gasteiger partial charge in [0.2, 0.25) is 5.91 Å². The van der Waals surface area contributed by atoms with Crippen LogP contribution in [0.2, 0.25) is 5.02 Å².